The van der Waals surface area contributed by atoms with E-state index in [1.807, 2.05) is 43.3 Å². The largest absolute Gasteiger partial charge is 0.507 e. The van der Waals surface area contributed by atoms with Crippen LogP contribution in [0.15, 0.2) is 78.4 Å². The van der Waals surface area contributed by atoms with Gasteiger partial charge >= 0.3 is 0 Å². The lowest BCUT2D eigenvalue weighted by Gasteiger charge is -2.28. The van der Waals surface area contributed by atoms with Crippen molar-refractivity contribution in [2.45, 2.75) is 33.4 Å². The Morgan fingerprint density at radius 2 is 1.61 bits per heavy atom. The Morgan fingerprint density at radius 1 is 0.902 bits per heavy atom. The first-order valence-corrected chi connectivity index (χ1v) is 14.0. The molecule has 8 heteroatoms. The number of ether oxygens (including phenoxy) is 3. The molecule has 41 heavy (non-hydrogen) atoms. The number of likely N-dealkylation sites (tertiary alicyclic amines) is 1. The number of aliphatic hydroxyl groups excluding tert-OH is 1. The fourth-order valence-electron chi connectivity index (χ4n) is 4.97. The summed E-state index contributed by atoms with van der Waals surface area (Å²) in [5.41, 5.74) is 2.13. The van der Waals surface area contributed by atoms with Gasteiger partial charge in [-0.25, -0.2) is 0 Å². The van der Waals surface area contributed by atoms with E-state index in [-0.39, 0.29) is 11.3 Å². The smallest absolute Gasteiger partial charge is 0.295 e. The van der Waals surface area contributed by atoms with Gasteiger partial charge in [0.05, 0.1) is 25.3 Å². The van der Waals surface area contributed by atoms with Gasteiger partial charge in [-0.15, -0.1) is 0 Å². The molecule has 0 spiro atoms. The van der Waals surface area contributed by atoms with Crippen LogP contribution in [0.4, 0.5) is 0 Å². The highest BCUT2D eigenvalue weighted by Gasteiger charge is 2.46. The van der Waals surface area contributed by atoms with E-state index in [2.05, 4.69) is 18.7 Å². The van der Waals surface area contributed by atoms with Gasteiger partial charge in [0.25, 0.3) is 11.7 Å². The summed E-state index contributed by atoms with van der Waals surface area (Å²) in [4.78, 5) is 30.6. The molecule has 1 unspecified atom stereocenters. The zero-order chi connectivity index (χ0) is 29.4. The molecule has 0 aliphatic carbocycles. The van der Waals surface area contributed by atoms with Crippen LogP contribution in [0.5, 0.6) is 17.2 Å². The van der Waals surface area contributed by atoms with E-state index >= 15 is 0 Å². The average Bonchev–Trinajstić information content (AvgIpc) is 3.26. The minimum Gasteiger partial charge on any atom is -0.507 e. The van der Waals surface area contributed by atoms with Crippen LogP contribution >= 0.6 is 0 Å². The molecule has 3 aromatic carbocycles. The summed E-state index contributed by atoms with van der Waals surface area (Å²) in [7, 11) is 1.56. The molecular formula is C33H38N2O6. The number of likely N-dealkylation sites (N-methyl/N-ethyl adjacent to an activating group) is 1. The lowest BCUT2D eigenvalue weighted by Crippen LogP contribution is -2.38. The number of ketones is 1. The molecule has 1 N–H and O–H groups in total. The third-order valence-electron chi connectivity index (χ3n) is 7.28. The predicted octanol–water partition coefficient (Wildman–Crippen LogP) is 5.44. The van der Waals surface area contributed by atoms with E-state index < -0.39 is 17.7 Å². The van der Waals surface area contributed by atoms with Crippen molar-refractivity contribution < 1.29 is 28.9 Å². The molecule has 1 aliphatic rings. The molecule has 0 saturated carbocycles. The van der Waals surface area contributed by atoms with E-state index in [0.717, 1.165) is 18.7 Å². The Kier molecular flexibility index (Phi) is 10.0. The molecule has 1 atom stereocenters. The highest BCUT2D eigenvalue weighted by molar-refractivity contribution is 6.46. The van der Waals surface area contributed by atoms with Crippen molar-refractivity contribution in [2.24, 2.45) is 0 Å². The second-order valence-electron chi connectivity index (χ2n) is 9.66. The van der Waals surface area contributed by atoms with Crippen molar-refractivity contribution in [3.8, 4) is 17.2 Å². The predicted molar refractivity (Wildman–Crippen MR) is 158 cm³/mol. The number of benzene rings is 3. The number of methoxy groups -OCH3 is 1. The minimum atomic E-state index is -0.796. The summed E-state index contributed by atoms with van der Waals surface area (Å²) in [6.45, 7) is 9.31. The van der Waals surface area contributed by atoms with Crippen LogP contribution in [-0.4, -0.2) is 66.5 Å². The molecule has 3 aromatic rings. The highest BCUT2D eigenvalue weighted by atomic mass is 16.5. The van der Waals surface area contributed by atoms with Gasteiger partial charge in [0.15, 0.2) is 11.5 Å². The van der Waals surface area contributed by atoms with Gasteiger partial charge in [0, 0.05) is 18.7 Å². The molecule has 1 saturated heterocycles. The first-order chi connectivity index (χ1) is 19.9. The number of hydrogen-bond acceptors (Lipinski definition) is 7. The quantitative estimate of drug-likeness (QED) is 0.170. The van der Waals surface area contributed by atoms with Crippen LogP contribution in [0.25, 0.3) is 5.76 Å². The number of carbonyl (C=O) groups is 2. The maximum absolute atomic E-state index is 13.5. The van der Waals surface area contributed by atoms with Crippen molar-refractivity contribution in [3.63, 3.8) is 0 Å². The van der Waals surface area contributed by atoms with Gasteiger partial charge in [0.1, 0.15) is 18.1 Å². The summed E-state index contributed by atoms with van der Waals surface area (Å²) < 4.78 is 17.3. The maximum atomic E-state index is 13.5. The molecule has 1 aliphatic heterocycles. The number of Topliss-reactive ketones (excluding diaryl/α,β-unsaturated/α-hetero) is 1. The SMILES string of the molecule is CCOc1cc(C2/C(=C(\O)c3ccc(OC)cc3)C(=O)C(=O)N2CCN(CC)CC)ccc1OCc1ccccc1. The van der Waals surface area contributed by atoms with E-state index in [1.54, 1.807) is 48.4 Å². The van der Waals surface area contributed by atoms with Gasteiger partial charge in [-0.3, -0.25) is 9.59 Å². The van der Waals surface area contributed by atoms with Crippen LogP contribution in [0.2, 0.25) is 0 Å². The topological polar surface area (TPSA) is 88.5 Å². The Labute approximate surface area is 241 Å². The van der Waals surface area contributed by atoms with Crippen LogP contribution in [0.3, 0.4) is 0 Å². The van der Waals surface area contributed by atoms with E-state index in [4.69, 9.17) is 14.2 Å². The standard InChI is InChI=1S/C33H38N2O6/c1-5-34(6-2)19-20-35-30(29(32(37)33(35)38)31(36)24-13-16-26(39-4)17-14-24)25-15-18-27(28(21-25)40-7-3)41-22-23-11-9-8-10-12-23/h8-18,21,30,36H,5-7,19-20,22H2,1-4H3/b31-29+. The molecule has 1 heterocycles. The lowest BCUT2D eigenvalue weighted by atomic mass is 9.95. The number of amides is 1. The minimum absolute atomic E-state index is 0.0418. The fraction of sp³-hybridized carbons (Fsp3) is 0.333. The molecule has 1 amide bonds. The fourth-order valence-corrected chi connectivity index (χ4v) is 4.97. The zero-order valence-electron chi connectivity index (χ0n) is 24.1. The Balaban J connectivity index is 1.76. The third-order valence-corrected chi connectivity index (χ3v) is 7.28. The van der Waals surface area contributed by atoms with Gasteiger partial charge < -0.3 is 29.1 Å². The number of hydrogen-bond donors (Lipinski definition) is 1. The zero-order valence-corrected chi connectivity index (χ0v) is 24.1. The van der Waals surface area contributed by atoms with Crippen molar-refractivity contribution in [1.29, 1.82) is 0 Å². The molecule has 8 nitrogen and oxygen atoms in total. The van der Waals surface area contributed by atoms with Gasteiger partial charge in [-0.1, -0.05) is 50.2 Å². The van der Waals surface area contributed by atoms with Crippen molar-refractivity contribution in [2.75, 3.05) is 39.9 Å². The number of aliphatic hydroxyl groups is 1. The highest BCUT2D eigenvalue weighted by Crippen LogP contribution is 2.42. The van der Waals surface area contributed by atoms with Gasteiger partial charge in [-0.05, 0) is 67.5 Å². The van der Waals surface area contributed by atoms with E-state index in [0.29, 0.717) is 54.7 Å². The van der Waals surface area contributed by atoms with Crippen molar-refractivity contribution in [3.05, 3.63) is 95.1 Å². The van der Waals surface area contributed by atoms with E-state index in [1.165, 1.54) is 0 Å². The summed E-state index contributed by atoms with van der Waals surface area (Å²) in [6, 6.07) is 21.2. The van der Waals surface area contributed by atoms with Crippen molar-refractivity contribution >= 4 is 17.4 Å². The molecule has 4 rings (SSSR count). The van der Waals surface area contributed by atoms with Crippen molar-refractivity contribution in [1.82, 2.24) is 9.80 Å². The summed E-state index contributed by atoms with van der Waals surface area (Å²) in [6.07, 6.45) is 0. The van der Waals surface area contributed by atoms with Crippen LogP contribution in [0, 0.1) is 0 Å². The first-order valence-electron chi connectivity index (χ1n) is 14.0. The molecule has 1 fully saturated rings. The summed E-state index contributed by atoms with van der Waals surface area (Å²) >= 11 is 0. The van der Waals surface area contributed by atoms with Gasteiger partial charge in [0.2, 0.25) is 0 Å². The lowest BCUT2D eigenvalue weighted by molar-refractivity contribution is -0.140. The Hall–Kier alpha value is -4.30. The molecular weight excluding hydrogens is 520 g/mol. The normalized spacial score (nSPS) is 16.3. The second kappa shape index (κ2) is 13.9. The summed E-state index contributed by atoms with van der Waals surface area (Å²) in [5.74, 6) is 0.0770. The summed E-state index contributed by atoms with van der Waals surface area (Å²) in [5, 5.41) is 11.4. The molecule has 0 aromatic heterocycles. The Bertz CT molecular complexity index is 1370. The molecule has 0 radical (unpaired) electrons. The molecule has 0 bridgehead atoms. The third kappa shape index (κ3) is 6.72. The number of carbonyl (C=O) groups excluding carboxylic acids is 2. The number of rotatable bonds is 13. The number of nitrogens with zero attached hydrogens (tertiary/aromatic N) is 2. The van der Waals surface area contributed by atoms with Gasteiger partial charge in [-0.2, -0.15) is 0 Å². The van der Waals surface area contributed by atoms with Crippen LogP contribution < -0.4 is 14.2 Å². The first kappa shape index (κ1) is 29.7. The monoisotopic (exact) mass is 558 g/mol. The second-order valence-corrected chi connectivity index (χ2v) is 9.66. The molecule has 216 valence electrons. The average molecular weight is 559 g/mol. The maximum Gasteiger partial charge on any atom is 0.295 e. The van der Waals surface area contributed by atoms with Crippen LogP contribution in [-0.2, 0) is 16.2 Å². The Morgan fingerprint density at radius 3 is 2.24 bits per heavy atom. The van der Waals surface area contributed by atoms with E-state index in [9.17, 15) is 14.7 Å². The van der Waals surface area contributed by atoms with Crippen LogP contribution in [0.1, 0.15) is 43.5 Å².